The van der Waals surface area contributed by atoms with Crippen LogP contribution in [0.4, 0.5) is 0 Å². The van der Waals surface area contributed by atoms with Crippen LogP contribution in [0.25, 0.3) is 11.3 Å². The molecule has 4 nitrogen and oxygen atoms in total. The Hall–Kier alpha value is -1.59. The number of benzene rings is 1. The van der Waals surface area contributed by atoms with Crippen molar-refractivity contribution in [3.8, 4) is 22.8 Å². The predicted molar refractivity (Wildman–Crippen MR) is 85.0 cm³/mol. The van der Waals surface area contributed by atoms with Crippen molar-refractivity contribution in [3.63, 3.8) is 0 Å². The first-order valence-corrected chi connectivity index (χ1v) is 8.01. The lowest BCUT2D eigenvalue weighted by Gasteiger charge is -2.19. The molecule has 1 aromatic heterocycles. The Morgan fingerprint density at radius 3 is 2.52 bits per heavy atom. The predicted octanol–water partition coefficient (Wildman–Crippen LogP) is 3.56. The van der Waals surface area contributed by atoms with Gasteiger partial charge in [-0.15, -0.1) is 11.3 Å². The lowest BCUT2D eigenvalue weighted by molar-refractivity contribution is 0.355. The summed E-state index contributed by atoms with van der Waals surface area (Å²) in [5, 5.41) is 3.12. The summed E-state index contributed by atoms with van der Waals surface area (Å²) in [6.07, 6.45) is 4.46. The zero-order valence-corrected chi connectivity index (χ0v) is 13.2. The second-order valence-electron chi connectivity index (χ2n) is 5.47. The molecule has 112 valence electrons. The van der Waals surface area contributed by atoms with Crippen LogP contribution >= 0.6 is 11.3 Å². The quantitative estimate of drug-likeness (QED) is 0.938. The smallest absolute Gasteiger partial charge is 0.161 e. The molecule has 5 heteroatoms. The number of methoxy groups -OCH3 is 2. The molecule has 1 aliphatic rings. The first-order chi connectivity index (χ1) is 10.2. The monoisotopic (exact) mass is 304 g/mol. The molecule has 0 saturated heterocycles. The average molecular weight is 304 g/mol. The second kappa shape index (κ2) is 5.66. The lowest BCUT2D eigenvalue weighted by atomic mass is 10.0. The van der Waals surface area contributed by atoms with Crippen molar-refractivity contribution in [3.05, 3.63) is 28.6 Å². The number of aromatic nitrogens is 1. The first-order valence-electron chi connectivity index (χ1n) is 7.13. The highest BCUT2D eigenvalue weighted by Gasteiger charge is 2.34. The zero-order chi connectivity index (χ0) is 14.9. The van der Waals surface area contributed by atoms with Gasteiger partial charge in [0.2, 0.25) is 0 Å². The molecule has 1 aliphatic carbocycles. The minimum Gasteiger partial charge on any atom is -0.493 e. The van der Waals surface area contributed by atoms with Crippen LogP contribution in [0.5, 0.6) is 11.5 Å². The van der Waals surface area contributed by atoms with E-state index >= 15 is 0 Å². The number of nitrogens with two attached hydrogens (primary N) is 1. The normalized spacial score (nSPS) is 16.9. The lowest BCUT2D eigenvalue weighted by Crippen LogP contribution is -2.32. The van der Waals surface area contributed by atoms with Gasteiger partial charge in [0.15, 0.2) is 11.5 Å². The Labute approximate surface area is 128 Å². The molecule has 2 N–H and O–H groups in total. The second-order valence-corrected chi connectivity index (χ2v) is 6.33. The van der Waals surface area contributed by atoms with E-state index in [1.54, 1.807) is 25.6 Å². The fourth-order valence-electron chi connectivity index (χ4n) is 2.85. The van der Waals surface area contributed by atoms with E-state index < -0.39 is 0 Å². The van der Waals surface area contributed by atoms with Gasteiger partial charge in [0.1, 0.15) is 5.01 Å². The van der Waals surface area contributed by atoms with E-state index in [0.29, 0.717) is 5.75 Å². The van der Waals surface area contributed by atoms with Crippen LogP contribution in [0, 0.1) is 0 Å². The average Bonchev–Trinajstić information content (AvgIpc) is 3.16. The number of nitrogens with zero attached hydrogens (tertiary/aromatic N) is 1. The van der Waals surface area contributed by atoms with Gasteiger partial charge in [0, 0.05) is 10.9 Å². The standard InChI is InChI=1S/C16H20N2O2S/c1-19-13-6-5-11(9-14(13)20-2)12-10-21-15(18-12)16(17)7-3-4-8-16/h5-6,9-10H,3-4,7-8,17H2,1-2H3. The number of hydrogen-bond donors (Lipinski definition) is 1. The molecule has 0 spiro atoms. The van der Waals surface area contributed by atoms with Crippen LogP contribution in [-0.4, -0.2) is 19.2 Å². The highest BCUT2D eigenvalue weighted by atomic mass is 32.1. The SMILES string of the molecule is COc1ccc(-c2csc(C3(N)CCCC3)n2)cc1OC. The summed E-state index contributed by atoms with van der Waals surface area (Å²) in [4.78, 5) is 4.76. The Morgan fingerprint density at radius 1 is 1.14 bits per heavy atom. The van der Waals surface area contributed by atoms with E-state index in [0.717, 1.165) is 34.9 Å². The minimum atomic E-state index is -0.223. The third kappa shape index (κ3) is 2.63. The van der Waals surface area contributed by atoms with Gasteiger partial charge in [-0.25, -0.2) is 4.98 Å². The summed E-state index contributed by atoms with van der Waals surface area (Å²) >= 11 is 1.66. The van der Waals surface area contributed by atoms with Gasteiger partial charge in [0.25, 0.3) is 0 Å². The van der Waals surface area contributed by atoms with E-state index in [-0.39, 0.29) is 5.54 Å². The van der Waals surface area contributed by atoms with Crippen molar-refractivity contribution in [1.29, 1.82) is 0 Å². The van der Waals surface area contributed by atoms with E-state index in [2.05, 4.69) is 5.38 Å². The molecule has 0 atom stereocenters. The summed E-state index contributed by atoms with van der Waals surface area (Å²) in [5.74, 6) is 1.44. The van der Waals surface area contributed by atoms with E-state index in [1.807, 2.05) is 18.2 Å². The summed E-state index contributed by atoms with van der Waals surface area (Å²) in [6.45, 7) is 0. The van der Waals surface area contributed by atoms with Crippen molar-refractivity contribution < 1.29 is 9.47 Å². The third-order valence-electron chi connectivity index (χ3n) is 4.11. The molecule has 2 aromatic rings. The first kappa shape index (κ1) is 14.4. The topological polar surface area (TPSA) is 57.4 Å². The molecule has 1 heterocycles. The van der Waals surface area contributed by atoms with Crippen molar-refractivity contribution in [1.82, 2.24) is 4.98 Å². The molecule has 0 radical (unpaired) electrons. The molecule has 21 heavy (non-hydrogen) atoms. The molecular weight excluding hydrogens is 284 g/mol. The molecule has 1 aromatic carbocycles. The summed E-state index contributed by atoms with van der Waals surface area (Å²) in [7, 11) is 3.28. The molecular formula is C16H20N2O2S. The van der Waals surface area contributed by atoms with Gasteiger partial charge < -0.3 is 15.2 Å². The van der Waals surface area contributed by atoms with Crippen molar-refractivity contribution in [2.75, 3.05) is 14.2 Å². The molecule has 0 unspecified atom stereocenters. The highest BCUT2D eigenvalue weighted by Crippen LogP contribution is 2.40. The van der Waals surface area contributed by atoms with Gasteiger partial charge in [-0.05, 0) is 31.0 Å². The maximum Gasteiger partial charge on any atom is 0.161 e. The molecule has 0 bridgehead atoms. The van der Waals surface area contributed by atoms with Gasteiger partial charge in [-0.1, -0.05) is 12.8 Å². The van der Waals surface area contributed by atoms with Crippen LogP contribution in [0.3, 0.4) is 0 Å². The molecule has 0 amide bonds. The fourth-order valence-corrected chi connectivity index (χ4v) is 3.85. The van der Waals surface area contributed by atoms with Crippen LogP contribution in [0.2, 0.25) is 0 Å². The van der Waals surface area contributed by atoms with Crippen LogP contribution < -0.4 is 15.2 Å². The minimum absolute atomic E-state index is 0.223. The number of ether oxygens (including phenoxy) is 2. The van der Waals surface area contributed by atoms with E-state index in [4.69, 9.17) is 20.2 Å². The van der Waals surface area contributed by atoms with Crippen LogP contribution in [0.1, 0.15) is 30.7 Å². The summed E-state index contributed by atoms with van der Waals surface area (Å²) < 4.78 is 10.6. The summed E-state index contributed by atoms with van der Waals surface area (Å²) in [5.41, 5.74) is 8.23. The van der Waals surface area contributed by atoms with Gasteiger partial charge >= 0.3 is 0 Å². The van der Waals surface area contributed by atoms with E-state index in [1.165, 1.54) is 12.8 Å². The number of thiazole rings is 1. The molecule has 0 aliphatic heterocycles. The van der Waals surface area contributed by atoms with Gasteiger partial charge in [-0.2, -0.15) is 0 Å². The molecule has 1 saturated carbocycles. The maximum atomic E-state index is 6.48. The maximum absolute atomic E-state index is 6.48. The van der Waals surface area contributed by atoms with Crippen LogP contribution in [-0.2, 0) is 5.54 Å². The Bertz CT molecular complexity index is 633. The zero-order valence-electron chi connectivity index (χ0n) is 12.4. The van der Waals surface area contributed by atoms with Crippen molar-refractivity contribution in [2.24, 2.45) is 5.73 Å². The van der Waals surface area contributed by atoms with Crippen molar-refractivity contribution in [2.45, 2.75) is 31.2 Å². The summed E-state index contributed by atoms with van der Waals surface area (Å²) in [6, 6.07) is 5.86. The Morgan fingerprint density at radius 2 is 1.86 bits per heavy atom. The largest absolute Gasteiger partial charge is 0.493 e. The van der Waals surface area contributed by atoms with Gasteiger partial charge in [0.05, 0.1) is 25.5 Å². The number of hydrogen-bond acceptors (Lipinski definition) is 5. The van der Waals surface area contributed by atoms with Crippen LogP contribution in [0.15, 0.2) is 23.6 Å². The van der Waals surface area contributed by atoms with E-state index in [9.17, 15) is 0 Å². The third-order valence-corrected chi connectivity index (χ3v) is 5.17. The van der Waals surface area contributed by atoms with Gasteiger partial charge in [-0.3, -0.25) is 0 Å². The Kier molecular flexibility index (Phi) is 3.87. The Balaban J connectivity index is 1.93. The molecule has 3 rings (SSSR count). The fraction of sp³-hybridized carbons (Fsp3) is 0.438. The van der Waals surface area contributed by atoms with Crippen molar-refractivity contribution >= 4 is 11.3 Å². The number of rotatable bonds is 4. The molecule has 1 fully saturated rings. The highest BCUT2D eigenvalue weighted by molar-refractivity contribution is 7.10.